The fourth-order valence-corrected chi connectivity index (χ4v) is 6.38. The SMILES string of the molecule is NC(=O)[C@H](C[C@H]1CCc2sc3ncnc(OC4CCCCC4)c3c21)NC(=O)OCc1ccccc1. The molecule has 2 amide bonds. The molecule has 0 aliphatic heterocycles. The third kappa shape index (κ3) is 5.40. The fraction of sp³-hybridized carbons (Fsp3) is 0.462. The number of hydrogen-bond donors (Lipinski definition) is 2. The Kier molecular flexibility index (Phi) is 7.13. The Morgan fingerprint density at radius 3 is 2.69 bits per heavy atom. The Morgan fingerprint density at radius 2 is 1.91 bits per heavy atom. The third-order valence-electron chi connectivity index (χ3n) is 6.89. The van der Waals surface area contributed by atoms with Crippen LogP contribution in [0.2, 0.25) is 0 Å². The molecule has 0 radical (unpaired) electrons. The number of aromatic nitrogens is 2. The predicted molar refractivity (Wildman–Crippen MR) is 133 cm³/mol. The van der Waals surface area contributed by atoms with Gasteiger partial charge in [-0.1, -0.05) is 36.8 Å². The Labute approximate surface area is 208 Å². The molecule has 0 spiro atoms. The van der Waals surface area contributed by atoms with Crippen molar-refractivity contribution in [1.29, 1.82) is 0 Å². The molecule has 2 aliphatic rings. The minimum absolute atomic E-state index is 0.0466. The van der Waals surface area contributed by atoms with E-state index in [2.05, 4.69) is 15.3 Å². The number of aryl methyl sites for hydroxylation is 1. The molecule has 1 aromatic carbocycles. The van der Waals surface area contributed by atoms with Crippen LogP contribution in [0.3, 0.4) is 0 Å². The van der Waals surface area contributed by atoms with Crippen LogP contribution in [-0.4, -0.2) is 34.1 Å². The second-order valence-electron chi connectivity index (χ2n) is 9.31. The van der Waals surface area contributed by atoms with Crippen molar-refractivity contribution >= 4 is 33.6 Å². The second-order valence-corrected chi connectivity index (χ2v) is 10.4. The van der Waals surface area contributed by atoms with Crippen molar-refractivity contribution in [3.63, 3.8) is 0 Å². The van der Waals surface area contributed by atoms with Gasteiger partial charge in [0.05, 0.1) is 5.39 Å². The first kappa shape index (κ1) is 23.5. The van der Waals surface area contributed by atoms with Crippen molar-refractivity contribution in [2.24, 2.45) is 5.73 Å². The summed E-state index contributed by atoms with van der Waals surface area (Å²) in [6, 6.07) is 8.55. The Morgan fingerprint density at radius 1 is 1.11 bits per heavy atom. The highest BCUT2D eigenvalue weighted by molar-refractivity contribution is 7.19. The number of rotatable bonds is 8. The highest BCUT2D eigenvalue weighted by Gasteiger charge is 2.34. The first-order valence-corrected chi connectivity index (χ1v) is 13.1. The van der Waals surface area contributed by atoms with Crippen LogP contribution in [0, 0.1) is 0 Å². The van der Waals surface area contributed by atoms with E-state index >= 15 is 0 Å². The number of carbonyl (C=O) groups is 2. The van der Waals surface area contributed by atoms with Gasteiger partial charge in [-0.05, 0) is 62.0 Å². The summed E-state index contributed by atoms with van der Waals surface area (Å²) in [5.41, 5.74) is 7.69. The van der Waals surface area contributed by atoms with Gasteiger partial charge in [0.15, 0.2) is 0 Å². The predicted octanol–water partition coefficient (Wildman–Crippen LogP) is 4.60. The molecule has 0 bridgehead atoms. The summed E-state index contributed by atoms with van der Waals surface area (Å²) in [6.45, 7) is 0.125. The molecular formula is C26H30N4O4S. The van der Waals surface area contributed by atoms with Crippen molar-refractivity contribution < 1.29 is 19.1 Å². The van der Waals surface area contributed by atoms with Crippen LogP contribution >= 0.6 is 11.3 Å². The quantitative estimate of drug-likeness (QED) is 0.473. The van der Waals surface area contributed by atoms with E-state index in [4.69, 9.17) is 15.2 Å². The van der Waals surface area contributed by atoms with Crippen LogP contribution in [0.25, 0.3) is 10.2 Å². The zero-order chi connectivity index (χ0) is 24.2. The van der Waals surface area contributed by atoms with Crippen LogP contribution in [-0.2, 0) is 22.6 Å². The smallest absolute Gasteiger partial charge is 0.408 e. The maximum absolute atomic E-state index is 12.4. The van der Waals surface area contributed by atoms with E-state index in [1.807, 2.05) is 30.3 Å². The molecule has 0 saturated heterocycles. The summed E-state index contributed by atoms with van der Waals surface area (Å²) >= 11 is 1.66. The van der Waals surface area contributed by atoms with Crippen molar-refractivity contribution in [1.82, 2.24) is 15.3 Å². The van der Waals surface area contributed by atoms with Gasteiger partial charge in [0.25, 0.3) is 0 Å². The lowest BCUT2D eigenvalue weighted by atomic mass is 9.93. The summed E-state index contributed by atoms with van der Waals surface area (Å²) in [4.78, 5) is 35.8. The lowest BCUT2D eigenvalue weighted by molar-refractivity contribution is -0.120. The molecule has 3 N–H and O–H groups in total. The molecule has 1 saturated carbocycles. The molecule has 1 fully saturated rings. The van der Waals surface area contributed by atoms with Gasteiger partial charge < -0.3 is 20.5 Å². The molecule has 2 heterocycles. The van der Waals surface area contributed by atoms with Crippen LogP contribution in [0.5, 0.6) is 5.88 Å². The molecule has 3 aromatic rings. The van der Waals surface area contributed by atoms with E-state index in [9.17, 15) is 9.59 Å². The Bertz CT molecular complexity index is 1190. The van der Waals surface area contributed by atoms with Crippen molar-refractivity contribution in [3.8, 4) is 5.88 Å². The summed E-state index contributed by atoms with van der Waals surface area (Å²) in [5.74, 6) is 0.104. The Hall–Kier alpha value is -3.20. The summed E-state index contributed by atoms with van der Waals surface area (Å²) in [7, 11) is 0. The number of nitrogens with zero attached hydrogens (tertiary/aromatic N) is 2. The fourth-order valence-electron chi connectivity index (χ4n) is 5.14. The molecule has 35 heavy (non-hydrogen) atoms. The number of hydrogen-bond acceptors (Lipinski definition) is 7. The summed E-state index contributed by atoms with van der Waals surface area (Å²) in [5, 5.41) is 3.62. The number of thiophene rings is 1. The number of amides is 2. The average Bonchev–Trinajstić information content (AvgIpc) is 3.43. The van der Waals surface area contributed by atoms with Crippen LogP contribution in [0.4, 0.5) is 4.79 Å². The summed E-state index contributed by atoms with van der Waals surface area (Å²) < 4.78 is 11.7. The van der Waals surface area contributed by atoms with Gasteiger partial charge in [-0.2, -0.15) is 0 Å². The number of ether oxygens (including phenoxy) is 2. The number of nitrogens with one attached hydrogen (secondary N) is 1. The zero-order valence-electron chi connectivity index (χ0n) is 19.6. The van der Waals surface area contributed by atoms with E-state index < -0.39 is 18.0 Å². The molecule has 2 atom stereocenters. The van der Waals surface area contributed by atoms with Gasteiger partial charge in [0.1, 0.15) is 29.9 Å². The van der Waals surface area contributed by atoms with E-state index in [0.717, 1.165) is 47.0 Å². The molecule has 0 unspecified atom stereocenters. The van der Waals surface area contributed by atoms with Gasteiger partial charge in [0.2, 0.25) is 11.8 Å². The van der Waals surface area contributed by atoms with E-state index in [-0.39, 0.29) is 18.6 Å². The number of nitrogens with two attached hydrogens (primary N) is 1. The maximum Gasteiger partial charge on any atom is 0.408 e. The van der Waals surface area contributed by atoms with Gasteiger partial charge in [-0.25, -0.2) is 14.8 Å². The highest BCUT2D eigenvalue weighted by atomic mass is 32.1. The molecule has 2 aromatic heterocycles. The second kappa shape index (κ2) is 10.6. The lowest BCUT2D eigenvalue weighted by Crippen LogP contribution is -2.45. The molecule has 184 valence electrons. The van der Waals surface area contributed by atoms with Crippen LogP contribution in [0.15, 0.2) is 36.7 Å². The van der Waals surface area contributed by atoms with E-state index in [1.165, 1.54) is 24.1 Å². The van der Waals surface area contributed by atoms with Gasteiger partial charge in [0, 0.05) is 4.88 Å². The van der Waals surface area contributed by atoms with Gasteiger partial charge in [-0.3, -0.25) is 4.79 Å². The normalized spacial score (nSPS) is 18.7. The van der Waals surface area contributed by atoms with Crippen molar-refractivity contribution in [2.75, 3.05) is 0 Å². The van der Waals surface area contributed by atoms with Crippen LogP contribution < -0.4 is 15.8 Å². The minimum Gasteiger partial charge on any atom is -0.474 e. The maximum atomic E-state index is 12.4. The molecule has 8 nitrogen and oxygen atoms in total. The number of fused-ring (bicyclic) bond motifs is 3. The first-order valence-electron chi connectivity index (χ1n) is 12.3. The summed E-state index contributed by atoms with van der Waals surface area (Å²) in [6.07, 6.45) is 8.94. The van der Waals surface area contributed by atoms with E-state index in [1.54, 1.807) is 17.7 Å². The largest absolute Gasteiger partial charge is 0.474 e. The Balaban J connectivity index is 1.31. The monoisotopic (exact) mass is 494 g/mol. The third-order valence-corrected chi connectivity index (χ3v) is 8.07. The molecule has 5 rings (SSSR count). The lowest BCUT2D eigenvalue weighted by Gasteiger charge is -2.23. The molecule has 2 aliphatic carbocycles. The number of benzene rings is 1. The van der Waals surface area contributed by atoms with Crippen LogP contribution in [0.1, 0.15) is 66.9 Å². The standard InChI is InChI=1S/C26H30N4O4S/c27-23(31)19(30-26(32)33-14-16-7-3-1-4-8-16)13-17-11-12-20-21(17)22-24(28-15-29-25(22)35-20)34-18-9-5-2-6-10-18/h1,3-4,7-8,15,17-19H,2,5-6,9-14H2,(H2,27,31)(H,30,32)/t17-,19+/m1/s1. The minimum atomic E-state index is -0.837. The number of carbonyl (C=O) groups excluding carboxylic acids is 2. The average molecular weight is 495 g/mol. The number of primary amides is 1. The van der Waals surface area contributed by atoms with E-state index in [0.29, 0.717) is 12.3 Å². The highest BCUT2D eigenvalue weighted by Crippen LogP contribution is 2.47. The zero-order valence-corrected chi connectivity index (χ0v) is 20.4. The first-order chi connectivity index (χ1) is 17.1. The molecule has 9 heteroatoms. The molecular weight excluding hydrogens is 464 g/mol. The number of alkyl carbamates (subject to hydrolysis) is 1. The van der Waals surface area contributed by atoms with Gasteiger partial charge in [-0.15, -0.1) is 11.3 Å². The van der Waals surface area contributed by atoms with Crippen molar-refractivity contribution in [2.45, 2.75) is 76.0 Å². The topological polar surface area (TPSA) is 116 Å². The van der Waals surface area contributed by atoms with Gasteiger partial charge >= 0.3 is 6.09 Å². The van der Waals surface area contributed by atoms with Crippen molar-refractivity contribution in [3.05, 3.63) is 52.7 Å².